The van der Waals surface area contributed by atoms with E-state index in [0.29, 0.717) is 34.3 Å². The summed E-state index contributed by atoms with van der Waals surface area (Å²) in [6, 6.07) is 16.6. The Bertz CT molecular complexity index is 1450. The summed E-state index contributed by atoms with van der Waals surface area (Å²) in [5, 5.41) is 14.1. The Hall–Kier alpha value is -3.39. The summed E-state index contributed by atoms with van der Waals surface area (Å²) < 4.78 is 7.29. The minimum atomic E-state index is -0.889. The van der Waals surface area contributed by atoms with Gasteiger partial charge in [0.15, 0.2) is 0 Å². The monoisotopic (exact) mass is 523 g/mol. The number of hydrogen-bond donors (Lipinski definition) is 2. The van der Waals surface area contributed by atoms with Gasteiger partial charge >= 0.3 is 5.97 Å². The van der Waals surface area contributed by atoms with Gasteiger partial charge in [0.25, 0.3) is 5.91 Å². The number of carboxylic acids is 1. The number of aromatic nitrogens is 2. The normalized spacial score (nSPS) is 15.3. The lowest BCUT2D eigenvalue weighted by molar-refractivity contribution is -0.137. The van der Waals surface area contributed by atoms with Crippen LogP contribution in [0.1, 0.15) is 39.5 Å². The number of amides is 1. The van der Waals surface area contributed by atoms with E-state index < -0.39 is 11.5 Å². The zero-order valence-corrected chi connectivity index (χ0v) is 20.9. The highest BCUT2D eigenvalue weighted by Gasteiger charge is 2.42. The minimum Gasteiger partial charge on any atom is -0.481 e. The van der Waals surface area contributed by atoms with E-state index in [0.717, 1.165) is 22.2 Å². The van der Waals surface area contributed by atoms with E-state index in [1.54, 1.807) is 42.2 Å². The largest absolute Gasteiger partial charge is 0.481 e. The van der Waals surface area contributed by atoms with Gasteiger partial charge in [-0.05, 0) is 41.0 Å². The third-order valence-corrected chi connectivity index (χ3v) is 7.55. The summed E-state index contributed by atoms with van der Waals surface area (Å²) in [6.45, 7) is 0.658. The van der Waals surface area contributed by atoms with Gasteiger partial charge in [-0.15, -0.1) is 0 Å². The lowest BCUT2D eigenvalue weighted by atomic mass is 9.84. The van der Waals surface area contributed by atoms with Gasteiger partial charge in [-0.25, -0.2) is 0 Å². The number of fused-ring (bicyclic) bond motifs is 1. The number of aryl methyl sites for hydroxylation is 1. The van der Waals surface area contributed by atoms with Gasteiger partial charge in [-0.3, -0.25) is 14.6 Å². The Morgan fingerprint density at radius 1 is 1.14 bits per heavy atom. The van der Waals surface area contributed by atoms with Crippen molar-refractivity contribution in [1.82, 2.24) is 14.9 Å². The van der Waals surface area contributed by atoms with Crippen molar-refractivity contribution in [2.24, 2.45) is 7.05 Å². The number of pyridine rings is 1. The van der Waals surface area contributed by atoms with Crippen LogP contribution in [0.25, 0.3) is 10.9 Å². The Kier molecular flexibility index (Phi) is 6.47. The Labute approximate surface area is 217 Å². The van der Waals surface area contributed by atoms with Crippen LogP contribution in [0.4, 0.5) is 0 Å². The molecule has 0 radical (unpaired) electrons. The SMILES string of the molecule is Cn1c(C(=O)NC2(c3ccc(C(CC(=O)O)c4cccnc4)cc3)COC2)cc2c(Cl)c(Cl)ccc21. The number of benzene rings is 2. The summed E-state index contributed by atoms with van der Waals surface area (Å²) in [7, 11) is 1.81. The second kappa shape index (κ2) is 9.58. The molecule has 9 heteroatoms. The highest BCUT2D eigenvalue weighted by atomic mass is 35.5. The summed E-state index contributed by atoms with van der Waals surface area (Å²) in [4.78, 5) is 29.0. The van der Waals surface area contributed by atoms with E-state index in [9.17, 15) is 14.7 Å². The number of carboxylic acid groups (broad SMARTS) is 1. The maximum absolute atomic E-state index is 13.4. The molecule has 36 heavy (non-hydrogen) atoms. The number of halogens is 2. The Morgan fingerprint density at radius 2 is 1.89 bits per heavy atom. The predicted molar refractivity (Wildman–Crippen MR) is 138 cm³/mol. The summed E-state index contributed by atoms with van der Waals surface area (Å²) in [5.41, 5.74) is 3.14. The molecule has 4 aromatic rings. The van der Waals surface area contributed by atoms with Crippen molar-refractivity contribution in [1.29, 1.82) is 0 Å². The summed E-state index contributed by atoms with van der Waals surface area (Å²) in [5.74, 6) is -1.48. The van der Waals surface area contributed by atoms with Crippen LogP contribution in [-0.2, 0) is 22.1 Å². The molecule has 0 bridgehead atoms. The molecule has 5 rings (SSSR count). The van der Waals surface area contributed by atoms with Crippen LogP contribution in [0.5, 0.6) is 0 Å². The third kappa shape index (κ3) is 4.34. The van der Waals surface area contributed by atoms with Crippen LogP contribution in [0.15, 0.2) is 67.0 Å². The first kappa shape index (κ1) is 24.3. The van der Waals surface area contributed by atoms with Crippen LogP contribution in [0, 0.1) is 0 Å². The molecule has 2 aromatic heterocycles. The maximum atomic E-state index is 13.4. The molecule has 2 aromatic carbocycles. The minimum absolute atomic E-state index is 0.0519. The van der Waals surface area contributed by atoms with Crippen LogP contribution >= 0.6 is 23.2 Å². The maximum Gasteiger partial charge on any atom is 0.304 e. The number of rotatable bonds is 7. The lowest BCUT2D eigenvalue weighted by Crippen LogP contribution is -2.59. The number of carbonyl (C=O) groups is 2. The molecule has 1 aliphatic rings. The van der Waals surface area contributed by atoms with Crippen LogP contribution in [0.3, 0.4) is 0 Å². The van der Waals surface area contributed by atoms with E-state index in [2.05, 4.69) is 10.3 Å². The first-order valence-electron chi connectivity index (χ1n) is 11.3. The molecule has 7 nitrogen and oxygen atoms in total. The van der Waals surface area contributed by atoms with E-state index in [1.807, 2.05) is 36.4 Å². The molecular weight excluding hydrogens is 501 g/mol. The van der Waals surface area contributed by atoms with Crippen molar-refractivity contribution in [3.05, 3.63) is 99.4 Å². The van der Waals surface area contributed by atoms with Gasteiger partial charge in [0.05, 0.1) is 29.7 Å². The van der Waals surface area contributed by atoms with E-state index >= 15 is 0 Å². The number of hydrogen-bond acceptors (Lipinski definition) is 4. The molecule has 2 N–H and O–H groups in total. The Morgan fingerprint density at radius 3 is 2.50 bits per heavy atom. The molecule has 1 aliphatic heterocycles. The van der Waals surface area contributed by atoms with Gasteiger partial charge in [0, 0.05) is 36.3 Å². The van der Waals surface area contributed by atoms with Crippen molar-refractivity contribution in [3.63, 3.8) is 0 Å². The average Bonchev–Trinajstić information content (AvgIpc) is 3.20. The topological polar surface area (TPSA) is 93.5 Å². The van der Waals surface area contributed by atoms with Crippen molar-refractivity contribution in [3.8, 4) is 0 Å². The van der Waals surface area contributed by atoms with Gasteiger partial charge in [-0.1, -0.05) is 53.5 Å². The Balaban J connectivity index is 1.42. The molecule has 1 amide bonds. The summed E-state index contributed by atoms with van der Waals surface area (Å²) in [6.07, 6.45) is 3.29. The molecule has 0 spiro atoms. The van der Waals surface area contributed by atoms with E-state index in [-0.39, 0.29) is 18.2 Å². The molecule has 1 unspecified atom stereocenters. The van der Waals surface area contributed by atoms with Crippen LogP contribution in [-0.4, -0.2) is 39.7 Å². The van der Waals surface area contributed by atoms with Crippen molar-refractivity contribution >= 4 is 46.0 Å². The molecule has 184 valence electrons. The highest BCUT2D eigenvalue weighted by Crippen LogP contribution is 2.35. The number of nitrogens with one attached hydrogen (secondary N) is 1. The smallest absolute Gasteiger partial charge is 0.304 e. The first-order valence-corrected chi connectivity index (χ1v) is 12.1. The molecule has 3 heterocycles. The number of carbonyl (C=O) groups excluding carboxylic acids is 1. The molecular formula is C27H23Cl2N3O4. The number of aliphatic carboxylic acids is 1. The van der Waals surface area contributed by atoms with Gasteiger partial charge in [0.2, 0.25) is 0 Å². The highest BCUT2D eigenvalue weighted by molar-refractivity contribution is 6.45. The second-order valence-corrected chi connectivity index (χ2v) is 9.76. The van der Waals surface area contributed by atoms with Gasteiger partial charge < -0.3 is 19.7 Å². The summed E-state index contributed by atoms with van der Waals surface area (Å²) >= 11 is 12.5. The number of ether oxygens (including phenoxy) is 1. The second-order valence-electron chi connectivity index (χ2n) is 8.97. The zero-order valence-electron chi connectivity index (χ0n) is 19.4. The van der Waals surface area contributed by atoms with E-state index in [1.165, 1.54) is 0 Å². The molecule has 1 saturated heterocycles. The standard InChI is InChI=1S/C27H23Cl2N3O4/c1-32-22-9-8-21(28)25(29)20(22)11-23(32)26(35)31-27(14-36-15-27)18-6-4-16(5-7-18)19(12-24(33)34)17-3-2-10-30-13-17/h2-11,13,19H,12,14-15H2,1H3,(H,31,35)(H,33,34). The van der Waals surface area contributed by atoms with Crippen LogP contribution in [0.2, 0.25) is 10.0 Å². The van der Waals surface area contributed by atoms with Crippen molar-refractivity contribution in [2.45, 2.75) is 17.9 Å². The quantitative estimate of drug-likeness (QED) is 0.349. The fourth-order valence-corrected chi connectivity index (χ4v) is 5.06. The fourth-order valence-electron chi connectivity index (χ4n) is 4.68. The van der Waals surface area contributed by atoms with Crippen molar-refractivity contribution < 1.29 is 19.4 Å². The van der Waals surface area contributed by atoms with Gasteiger partial charge in [-0.2, -0.15) is 0 Å². The van der Waals surface area contributed by atoms with E-state index in [4.69, 9.17) is 27.9 Å². The van der Waals surface area contributed by atoms with Crippen molar-refractivity contribution in [2.75, 3.05) is 13.2 Å². The fraction of sp³-hybridized carbons (Fsp3) is 0.222. The lowest BCUT2D eigenvalue weighted by Gasteiger charge is -2.42. The number of nitrogens with zero attached hydrogens (tertiary/aromatic N) is 2. The zero-order chi connectivity index (χ0) is 25.4. The average molecular weight is 524 g/mol. The predicted octanol–water partition coefficient (Wildman–Crippen LogP) is 5.14. The first-order chi connectivity index (χ1) is 17.3. The van der Waals surface area contributed by atoms with Crippen LogP contribution < -0.4 is 5.32 Å². The molecule has 1 atom stereocenters. The molecule has 0 aliphatic carbocycles. The molecule has 0 saturated carbocycles. The van der Waals surface area contributed by atoms with Gasteiger partial charge in [0.1, 0.15) is 11.2 Å². The third-order valence-electron chi connectivity index (χ3n) is 6.73. The molecule has 1 fully saturated rings.